The molecule has 27 heavy (non-hydrogen) atoms. The zero-order chi connectivity index (χ0) is 18.9. The number of fused-ring (bicyclic) bond motifs is 1. The number of hydrogen-bond donors (Lipinski definition) is 1. The molecule has 4 heterocycles. The summed E-state index contributed by atoms with van der Waals surface area (Å²) in [5, 5.41) is 6.10. The van der Waals surface area contributed by atoms with Gasteiger partial charge in [-0.3, -0.25) is 4.40 Å². The molecule has 1 N–H and O–H groups in total. The van der Waals surface area contributed by atoms with Crippen molar-refractivity contribution in [1.82, 2.24) is 23.8 Å². The second kappa shape index (κ2) is 7.55. The zero-order valence-electron chi connectivity index (χ0n) is 14.7. The van der Waals surface area contributed by atoms with E-state index in [-0.39, 0.29) is 11.7 Å². The van der Waals surface area contributed by atoms with Gasteiger partial charge in [-0.1, -0.05) is 12.1 Å². The van der Waals surface area contributed by atoms with Crippen LogP contribution >= 0.6 is 11.3 Å². The minimum absolute atomic E-state index is 0.0498. The first-order valence-electron chi connectivity index (χ1n) is 8.85. The van der Waals surface area contributed by atoms with Gasteiger partial charge in [-0.25, -0.2) is 22.6 Å². The molecule has 0 bridgehead atoms. The van der Waals surface area contributed by atoms with E-state index in [0.29, 0.717) is 22.9 Å². The van der Waals surface area contributed by atoms with Crippen LogP contribution in [0.5, 0.6) is 0 Å². The lowest BCUT2D eigenvalue weighted by Crippen LogP contribution is -2.45. The Labute approximate surface area is 161 Å². The number of likely N-dealkylation sites (tertiary alicyclic amines) is 1. The molecule has 0 radical (unpaired) electrons. The van der Waals surface area contributed by atoms with Crippen LogP contribution in [0.1, 0.15) is 12.8 Å². The van der Waals surface area contributed by atoms with E-state index in [1.807, 2.05) is 18.2 Å². The van der Waals surface area contributed by atoms with Gasteiger partial charge in [0.05, 0.1) is 6.54 Å². The molecule has 1 saturated heterocycles. The monoisotopic (exact) mass is 407 g/mol. The van der Waals surface area contributed by atoms with Gasteiger partial charge in [0.15, 0.2) is 5.65 Å². The van der Waals surface area contributed by atoms with Gasteiger partial charge in [-0.15, -0.1) is 16.4 Å². The first-order valence-corrected chi connectivity index (χ1v) is 11.2. The van der Waals surface area contributed by atoms with Gasteiger partial charge in [-0.05, 0) is 49.5 Å². The number of aromatic nitrogens is 3. The average molecular weight is 408 g/mol. The quantitative estimate of drug-likeness (QED) is 0.659. The van der Waals surface area contributed by atoms with Crippen molar-refractivity contribution in [3.05, 3.63) is 52.4 Å². The number of rotatable bonds is 6. The second-order valence-electron chi connectivity index (χ2n) is 6.60. The van der Waals surface area contributed by atoms with E-state index >= 15 is 0 Å². The molecule has 144 valence electrons. The number of piperidine rings is 1. The molecule has 0 unspecified atom stereocenters. The Morgan fingerprint density at radius 3 is 2.67 bits per heavy atom. The molecule has 8 nitrogen and oxygen atoms in total. The highest BCUT2D eigenvalue weighted by Gasteiger charge is 2.25. The highest BCUT2D eigenvalue weighted by molar-refractivity contribution is 7.91. The van der Waals surface area contributed by atoms with Crippen LogP contribution < -0.4 is 10.4 Å². The summed E-state index contributed by atoms with van der Waals surface area (Å²) in [7, 11) is -3.42. The van der Waals surface area contributed by atoms with Gasteiger partial charge in [0.2, 0.25) is 10.0 Å². The lowest BCUT2D eigenvalue weighted by atomic mass is 10.1. The maximum Gasteiger partial charge on any atom is 0.350 e. The van der Waals surface area contributed by atoms with Crippen molar-refractivity contribution >= 4 is 27.0 Å². The standard InChI is InChI=1S/C17H21N5O3S2/c23-17-21-8-2-1-4-15(21)18-22(17)12-11-20-9-6-14(7-10-20)19-27(24,25)16-5-3-13-26-16/h1-5,8,13-14,19H,6-7,9-12H2. The number of nitrogens with one attached hydrogen (secondary N) is 1. The van der Waals surface area contributed by atoms with Crippen LogP contribution in [0.25, 0.3) is 5.65 Å². The van der Waals surface area contributed by atoms with Gasteiger partial charge in [-0.2, -0.15) is 0 Å². The minimum Gasteiger partial charge on any atom is -0.301 e. The predicted octanol–water partition coefficient (Wildman–Crippen LogP) is 1.00. The molecule has 0 spiro atoms. The summed E-state index contributed by atoms with van der Waals surface area (Å²) in [6.07, 6.45) is 3.22. The Bertz CT molecular complexity index is 1060. The van der Waals surface area contributed by atoms with Crippen LogP contribution in [0, 0.1) is 0 Å². The molecule has 1 fully saturated rings. The summed E-state index contributed by atoms with van der Waals surface area (Å²) < 4.78 is 30.8. The van der Waals surface area contributed by atoms with Crippen molar-refractivity contribution in [2.24, 2.45) is 0 Å². The largest absolute Gasteiger partial charge is 0.350 e. The minimum atomic E-state index is -3.42. The second-order valence-corrected chi connectivity index (χ2v) is 9.49. The average Bonchev–Trinajstić information content (AvgIpc) is 3.31. The first-order chi connectivity index (χ1) is 13.0. The Hall–Kier alpha value is -2.01. The van der Waals surface area contributed by atoms with Crippen molar-refractivity contribution in [3.63, 3.8) is 0 Å². The molecule has 1 aliphatic heterocycles. The predicted molar refractivity (Wildman–Crippen MR) is 104 cm³/mol. The number of hydrogen-bond acceptors (Lipinski definition) is 6. The van der Waals surface area contributed by atoms with Gasteiger partial charge >= 0.3 is 5.69 Å². The molecule has 3 aromatic heterocycles. The summed E-state index contributed by atoms with van der Waals surface area (Å²) in [5.74, 6) is 0. The summed E-state index contributed by atoms with van der Waals surface area (Å²) in [4.78, 5) is 14.5. The lowest BCUT2D eigenvalue weighted by molar-refractivity contribution is 0.197. The highest BCUT2D eigenvalue weighted by atomic mass is 32.2. The van der Waals surface area contributed by atoms with Gasteiger partial charge in [0.25, 0.3) is 0 Å². The molecule has 0 aliphatic carbocycles. The molecule has 0 amide bonds. The van der Waals surface area contributed by atoms with E-state index in [0.717, 1.165) is 25.9 Å². The third-order valence-electron chi connectivity index (χ3n) is 4.79. The van der Waals surface area contributed by atoms with E-state index in [2.05, 4.69) is 14.7 Å². The van der Waals surface area contributed by atoms with Crippen LogP contribution in [0.2, 0.25) is 0 Å². The number of thiophene rings is 1. The Balaban J connectivity index is 1.31. The van der Waals surface area contributed by atoms with E-state index in [9.17, 15) is 13.2 Å². The summed E-state index contributed by atoms with van der Waals surface area (Å²) in [6.45, 7) is 2.82. The van der Waals surface area contributed by atoms with Crippen molar-refractivity contribution in [2.45, 2.75) is 29.6 Å². The fraction of sp³-hybridized carbons (Fsp3) is 0.412. The molecule has 0 aromatic carbocycles. The topological polar surface area (TPSA) is 88.7 Å². The number of sulfonamides is 1. The molecule has 0 saturated carbocycles. The lowest BCUT2D eigenvalue weighted by Gasteiger charge is -2.31. The van der Waals surface area contributed by atoms with Crippen molar-refractivity contribution in [3.8, 4) is 0 Å². The maximum absolute atomic E-state index is 12.3. The molecular weight excluding hydrogens is 386 g/mol. The zero-order valence-corrected chi connectivity index (χ0v) is 16.3. The Morgan fingerprint density at radius 2 is 1.96 bits per heavy atom. The molecule has 0 atom stereocenters. The van der Waals surface area contributed by atoms with E-state index < -0.39 is 10.0 Å². The summed E-state index contributed by atoms with van der Waals surface area (Å²) >= 11 is 1.23. The van der Waals surface area contributed by atoms with Crippen molar-refractivity contribution in [2.75, 3.05) is 19.6 Å². The van der Waals surface area contributed by atoms with E-state index in [4.69, 9.17) is 0 Å². The van der Waals surface area contributed by atoms with Crippen molar-refractivity contribution in [1.29, 1.82) is 0 Å². The van der Waals surface area contributed by atoms with Crippen LogP contribution in [-0.4, -0.2) is 53.2 Å². The maximum atomic E-state index is 12.3. The Morgan fingerprint density at radius 1 is 1.15 bits per heavy atom. The van der Waals surface area contributed by atoms with Crippen LogP contribution in [-0.2, 0) is 16.6 Å². The third-order valence-corrected chi connectivity index (χ3v) is 7.70. The normalized spacial score (nSPS) is 16.9. The molecule has 1 aliphatic rings. The molecule has 3 aromatic rings. The highest BCUT2D eigenvalue weighted by Crippen LogP contribution is 2.18. The smallest absolute Gasteiger partial charge is 0.301 e. The SMILES string of the molecule is O=c1n(CCN2CCC(NS(=O)(=O)c3cccs3)CC2)nc2ccccn12. The molecule has 4 rings (SSSR count). The van der Waals surface area contributed by atoms with Gasteiger partial charge in [0, 0.05) is 18.8 Å². The number of nitrogens with zero attached hydrogens (tertiary/aromatic N) is 4. The van der Waals surface area contributed by atoms with Crippen LogP contribution in [0.3, 0.4) is 0 Å². The van der Waals surface area contributed by atoms with Crippen molar-refractivity contribution < 1.29 is 8.42 Å². The molecule has 10 heteroatoms. The summed E-state index contributed by atoms with van der Waals surface area (Å²) in [5.41, 5.74) is 0.508. The van der Waals surface area contributed by atoms with E-state index in [1.165, 1.54) is 20.4 Å². The Kier molecular flexibility index (Phi) is 5.13. The third kappa shape index (κ3) is 3.98. The summed E-state index contributed by atoms with van der Waals surface area (Å²) in [6, 6.07) is 8.78. The number of pyridine rings is 1. The van der Waals surface area contributed by atoms with Gasteiger partial charge < -0.3 is 4.90 Å². The fourth-order valence-electron chi connectivity index (χ4n) is 3.32. The molecular formula is C17H21N5O3S2. The fourth-order valence-corrected chi connectivity index (χ4v) is 5.63. The van der Waals surface area contributed by atoms with E-state index in [1.54, 1.807) is 23.7 Å². The van der Waals surface area contributed by atoms with Gasteiger partial charge in [0.1, 0.15) is 4.21 Å². The van der Waals surface area contributed by atoms with Crippen LogP contribution in [0.4, 0.5) is 0 Å². The first kappa shape index (κ1) is 18.4. The van der Waals surface area contributed by atoms with Crippen LogP contribution in [0.15, 0.2) is 50.9 Å².